The molecule has 9 heteroatoms. The Morgan fingerprint density at radius 2 is 2.12 bits per heavy atom. The molecule has 3 N–H and O–H groups in total. The number of benzene rings is 2. The van der Waals surface area contributed by atoms with Gasteiger partial charge in [0.25, 0.3) is 5.91 Å². The van der Waals surface area contributed by atoms with Gasteiger partial charge in [0.05, 0.1) is 22.2 Å². The molecule has 1 aliphatic rings. The summed E-state index contributed by atoms with van der Waals surface area (Å²) in [5, 5.41) is 11.9. The van der Waals surface area contributed by atoms with E-state index in [-0.39, 0.29) is 5.91 Å². The first kappa shape index (κ1) is 20.7. The van der Waals surface area contributed by atoms with Crippen LogP contribution in [0.1, 0.15) is 15.9 Å². The van der Waals surface area contributed by atoms with E-state index >= 15 is 0 Å². The van der Waals surface area contributed by atoms with E-state index in [9.17, 15) is 4.79 Å². The van der Waals surface area contributed by atoms with Crippen LogP contribution < -0.4 is 15.8 Å². The molecular formula is C23H20ClN5O2S. The van der Waals surface area contributed by atoms with Crippen LogP contribution in [-0.4, -0.2) is 40.4 Å². The largest absolute Gasteiger partial charge is 0.493 e. The van der Waals surface area contributed by atoms with Gasteiger partial charge in [0.2, 0.25) is 0 Å². The summed E-state index contributed by atoms with van der Waals surface area (Å²) in [6, 6.07) is 15.3. The second-order valence-electron chi connectivity index (χ2n) is 7.29. The molecule has 4 aromatic rings. The molecule has 5 rings (SSSR count). The number of fused-ring (bicyclic) bond motifs is 3. The highest BCUT2D eigenvalue weighted by atomic mass is 35.5. The molecule has 2 aromatic heterocycles. The second kappa shape index (κ2) is 8.74. The Hall–Kier alpha value is -3.20. The van der Waals surface area contributed by atoms with Crippen LogP contribution >= 0.6 is 22.9 Å². The molecule has 0 aliphatic carbocycles. The minimum Gasteiger partial charge on any atom is -0.493 e. The van der Waals surface area contributed by atoms with Crippen LogP contribution in [0.15, 0.2) is 54.9 Å². The van der Waals surface area contributed by atoms with Crippen molar-refractivity contribution >= 4 is 28.8 Å². The second-order valence-corrected chi connectivity index (χ2v) is 8.75. The van der Waals surface area contributed by atoms with Crippen molar-refractivity contribution in [1.29, 1.82) is 0 Å². The Kier molecular flexibility index (Phi) is 5.65. The topological polar surface area (TPSA) is 95.1 Å². The maximum absolute atomic E-state index is 12.3. The molecule has 1 aliphatic heterocycles. The van der Waals surface area contributed by atoms with Crippen molar-refractivity contribution in [3.8, 4) is 32.6 Å². The van der Waals surface area contributed by atoms with Gasteiger partial charge in [-0.05, 0) is 42.0 Å². The third-order valence-corrected chi connectivity index (χ3v) is 6.76. The van der Waals surface area contributed by atoms with Gasteiger partial charge in [0, 0.05) is 35.5 Å². The number of para-hydroxylation sites is 1. The predicted octanol–water partition coefficient (Wildman–Crippen LogP) is 3.94. The number of carbonyl (C=O) groups is 1. The molecule has 0 saturated heterocycles. The highest BCUT2D eigenvalue weighted by Gasteiger charge is 2.23. The monoisotopic (exact) mass is 465 g/mol. The quantitative estimate of drug-likeness (QED) is 0.465. The molecule has 0 radical (unpaired) electrons. The van der Waals surface area contributed by atoms with Crippen LogP contribution in [0, 0.1) is 0 Å². The molecule has 0 saturated carbocycles. The predicted molar refractivity (Wildman–Crippen MR) is 126 cm³/mol. The van der Waals surface area contributed by atoms with E-state index in [1.165, 1.54) is 5.56 Å². The number of halogens is 1. The average Bonchev–Trinajstić information content (AvgIpc) is 3.41. The molecule has 0 fully saturated rings. The number of amides is 1. The van der Waals surface area contributed by atoms with Gasteiger partial charge in [-0.2, -0.15) is 0 Å². The van der Waals surface area contributed by atoms with Crippen molar-refractivity contribution in [2.75, 3.05) is 19.7 Å². The zero-order chi connectivity index (χ0) is 22.1. The number of aromatic nitrogens is 3. The van der Waals surface area contributed by atoms with Gasteiger partial charge in [-0.15, -0.1) is 21.5 Å². The van der Waals surface area contributed by atoms with Crippen LogP contribution in [0.5, 0.6) is 5.75 Å². The van der Waals surface area contributed by atoms with E-state index in [2.05, 4.69) is 21.6 Å². The molecule has 0 spiro atoms. The molecule has 0 bridgehead atoms. The fraction of sp³-hybridized carbons (Fsp3) is 0.174. The lowest BCUT2D eigenvalue weighted by Gasteiger charge is -2.10. The minimum atomic E-state index is -0.161. The van der Waals surface area contributed by atoms with Crippen LogP contribution in [0.2, 0.25) is 5.02 Å². The SMILES string of the molecule is NCCNC(=O)c1ccc2c(c1)OCCc1cc(-c3nncn3-c3ccccc3Cl)sc1-2. The number of nitrogens with two attached hydrogens (primary N) is 1. The summed E-state index contributed by atoms with van der Waals surface area (Å²) in [4.78, 5) is 14.4. The normalized spacial score (nSPS) is 12.4. The third-order valence-electron chi connectivity index (χ3n) is 5.24. The number of hydrogen-bond donors (Lipinski definition) is 2. The molecule has 1 amide bonds. The maximum atomic E-state index is 12.3. The first-order valence-electron chi connectivity index (χ1n) is 10.2. The summed E-state index contributed by atoms with van der Waals surface area (Å²) < 4.78 is 7.87. The zero-order valence-electron chi connectivity index (χ0n) is 17.0. The maximum Gasteiger partial charge on any atom is 0.251 e. The van der Waals surface area contributed by atoms with Crippen molar-refractivity contribution in [3.05, 3.63) is 71.0 Å². The number of thiophene rings is 1. The Labute approximate surface area is 193 Å². The fourth-order valence-corrected chi connectivity index (χ4v) is 5.16. The lowest BCUT2D eigenvalue weighted by molar-refractivity contribution is 0.0954. The molecule has 0 atom stereocenters. The molecule has 2 aromatic carbocycles. The van der Waals surface area contributed by atoms with E-state index in [4.69, 9.17) is 22.1 Å². The number of carbonyl (C=O) groups excluding carboxylic acids is 1. The lowest BCUT2D eigenvalue weighted by Crippen LogP contribution is -2.28. The number of hydrogen-bond acceptors (Lipinski definition) is 6. The smallest absolute Gasteiger partial charge is 0.251 e. The van der Waals surface area contributed by atoms with E-state index in [0.717, 1.165) is 33.3 Å². The molecule has 162 valence electrons. The molecule has 7 nitrogen and oxygen atoms in total. The van der Waals surface area contributed by atoms with E-state index < -0.39 is 0 Å². The minimum absolute atomic E-state index is 0.161. The number of ether oxygens (including phenoxy) is 1. The summed E-state index contributed by atoms with van der Waals surface area (Å²) in [6.07, 6.45) is 2.43. The van der Waals surface area contributed by atoms with E-state index in [1.54, 1.807) is 23.7 Å². The summed E-state index contributed by atoms with van der Waals surface area (Å²) in [7, 11) is 0. The fourth-order valence-electron chi connectivity index (χ4n) is 3.71. The summed E-state index contributed by atoms with van der Waals surface area (Å²) >= 11 is 8.04. The van der Waals surface area contributed by atoms with Crippen molar-refractivity contribution < 1.29 is 9.53 Å². The Bertz CT molecular complexity index is 1300. The standard InChI is InChI=1S/C23H20ClN5O2S/c24-17-3-1-2-4-18(17)29-13-27-28-22(29)20-12-14-7-10-31-19-11-15(23(30)26-9-8-25)5-6-16(19)21(14)32-20/h1-6,11-13H,7-10,25H2,(H,26,30). The van der Waals surface area contributed by atoms with E-state index in [1.807, 2.05) is 41.0 Å². The lowest BCUT2D eigenvalue weighted by atomic mass is 10.0. The molecule has 0 unspecified atom stereocenters. The van der Waals surface area contributed by atoms with Crippen LogP contribution in [-0.2, 0) is 6.42 Å². The van der Waals surface area contributed by atoms with Gasteiger partial charge in [0.1, 0.15) is 12.1 Å². The van der Waals surface area contributed by atoms with Crippen molar-refractivity contribution in [3.63, 3.8) is 0 Å². The summed E-state index contributed by atoms with van der Waals surface area (Å²) in [6.45, 7) is 1.36. The Morgan fingerprint density at radius 1 is 1.25 bits per heavy atom. The number of nitrogens with zero attached hydrogens (tertiary/aromatic N) is 3. The first-order chi connectivity index (χ1) is 15.7. The van der Waals surface area contributed by atoms with Gasteiger partial charge in [-0.25, -0.2) is 0 Å². The Balaban J connectivity index is 1.54. The Morgan fingerprint density at radius 3 is 2.97 bits per heavy atom. The van der Waals surface area contributed by atoms with Crippen LogP contribution in [0.3, 0.4) is 0 Å². The van der Waals surface area contributed by atoms with Gasteiger partial charge >= 0.3 is 0 Å². The number of rotatable bonds is 5. The molecular weight excluding hydrogens is 446 g/mol. The van der Waals surface area contributed by atoms with Crippen molar-refractivity contribution in [2.45, 2.75) is 6.42 Å². The number of nitrogens with one attached hydrogen (secondary N) is 1. The highest BCUT2D eigenvalue weighted by Crippen LogP contribution is 2.44. The average molecular weight is 466 g/mol. The summed E-state index contributed by atoms with van der Waals surface area (Å²) in [5.41, 5.74) is 9.01. The van der Waals surface area contributed by atoms with Gasteiger partial charge in [-0.3, -0.25) is 9.36 Å². The third kappa shape index (κ3) is 3.77. The zero-order valence-corrected chi connectivity index (χ0v) is 18.6. The first-order valence-corrected chi connectivity index (χ1v) is 11.4. The van der Waals surface area contributed by atoms with Crippen molar-refractivity contribution in [1.82, 2.24) is 20.1 Å². The van der Waals surface area contributed by atoms with E-state index in [0.29, 0.717) is 36.0 Å². The van der Waals surface area contributed by atoms with Gasteiger partial charge in [-0.1, -0.05) is 23.7 Å². The van der Waals surface area contributed by atoms with Gasteiger partial charge < -0.3 is 15.8 Å². The van der Waals surface area contributed by atoms with Crippen LogP contribution in [0.4, 0.5) is 0 Å². The highest BCUT2D eigenvalue weighted by molar-refractivity contribution is 7.19. The summed E-state index contributed by atoms with van der Waals surface area (Å²) in [5.74, 6) is 1.27. The molecule has 32 heavy (non-hydrogen) atoms. The molecule has 3 heterocycles. The van der Waals surface area contributed by atoms with Crippen molar-refractivity contribution in [2.24, 2.45) is 5.73 Å². The van der Waals surface area contributed by atoms with Gasteiger partial charge in [0.15, 0.2) is 5.82 Å². The van der Waals surface area contributed by atoms with Crippen LogP contribution in [0.25, 0.3) is 26.8 Å².